The number of aliphatic hydroxyl groups excluding tert-OH is 1. The molecule has 0 aromatic rings. The first-order chi connectivity index (χ1) is 7.30. The van der Waals surface area contributed by atoms with Crippen LogP contribution < -0.4 is 6.15 Å². The van der Waals surface area contributed by atoms with E-state index in [2.05, 4.69) is 13.8 Å². The third-order valence-corrected chi connectivity index (χ3v) is 4.12. The van der Waals surface area contributed by atoms with E-state index < -0.39 is 15.6 Å². The van der Waals surface area contributed by atoms with Gasteiger partial charge in [0, 0.05) is 6.42 Å². The van der Waals surface area contributed by atoms with Crippen molar-refractivity contribution in [2.45, 2.75) is 45.0 Å². The van der Waals surface area contributed by atoms with Crippen LogP contribution in [0.5, 0.6) is 0 Å². The highest BCUT2D eigenvalue weighted by molar-refractivity contribution is 7.86. The van der Waals surface area contributed by atoms with Gasteiger partial charge in [-0.3, -0.25) is 4.55 Å². The highest BCUT2D eigenvalue weighted by Crippen LogP contribution is 2.31. The zero-order valence-corrected chi connectivity index (χ0v) is 11.3. The largest absolute Gasteiger partial charge is 0.375 e. The Balaban J connectivity index is 0.00000256. The summed E-state index contributed by atoms with van der Waals surface area (Å²) in [6.07, 6.45) is 4.81. The molecule has 1 rings (SSSR count). The first-order valence-electron chi connectivity index (χ1n) is 5.63. The van der Waals surface area contributed by atoms with Gasteiger partial charge in [-0.15, -0.1) is 0 Å². The molecule has 0 saturated heterocycles. The van der Waals surface area contributed by atoms with Crippen LogP contribution in [0.1, 0.15) is 39.5 Å². The number of rotatable bonds is 4. The van der Waals surface area contributed by atoms with Gasteiger partial charge < -0.3 is 11.3 Å². The first kappa shape index (κ1) is 16.6. The van der Waals surface area contributed by atoms with Crippen LogP contribution >= 0.6 is 0 Å². The van der Waals surface area contributed by atoms with E-state index in [0.717, 1.165) is 24.8 Å². The maximum atomic E-state index is 10.7. The predicted octanol–water partition coefficient (Wildman–Crippen LogP) is 2.13. The minimum absolute atomic E-state index is 0. The summed E-state index contributed by atoms with van der Waals surface area (Å²) in [6.45, 7) is 4.35. The van der Waals surface area contributed by atoms with Gasteiger partial charge in [0.25, 0.3) is 10.1 Å². The molecule has 5 N–H and O–H groups in total. The molecule has 0 spiro atoms. The van der Waals surface area contributed by atoms with Crippen molar-refractivity contribution in [3.8, 4) is 0 Å². The first-order valence-corrected chi connectivity index (χ1v) is 7.13. The van der Waals surface area contributed by atoms with Gasteiger partial charge in [-0.25, -0.2) is 0 Å². The molecule has 0 bridgehead atoms. The average Bonchev–Trinajstić information content (AvgIpc) is 2.17. The lowest BCUT2D eigenvalue weighted by molar-refractivity contribution is 0.229. The Morgan fingerprint density at radius 1 is 1.47 bits per heavy atom. The van der Waals surface area contributed by atoms with Crippen molar-refractivity contribution in [2.24, 2.45) is 11.8 Å². The van der Waals surface area contributed by atoms with E-state index in [-0.39, 0.29) is 12.6 Å². The van der Waals surface area contributed by atoms with E-state index in [4.69, 9.17) is 4.55 Å². The molecule has 1 aliphatic carbocycles. The average molecular weight is 265 g/mol. The lowest BCUT2D eigenvalue weighted by atomic mass is 9.82. The second kappa shape index (κ2) is 6.49. The second-order valence-corrected chi connectivity index (χ2v) is 6.39. The molecule has 0 fully saturated rings. The van der Waals surface area contributed by atoms with E-state index >= 15 is 0 Å². The molecule has 0 aromatic carbocycles. The molecule has 2 unspecified atom stereocenters. The normalized spacial score (nSPS) is 22.9. The van der Waals surface area contributed by atoms with E-state index in [1.54, 1.807) is 0 Å². The summed E-state index contributed by atoms with van der Waals surface area (Å²) in [7, 11) is -4.32. The van der Waals surface area contributed by atoms with Gasteiger partial charge >= 0.3 is 0 Å². The highest BCUT2D eigenvalue weighted by atomic mass is 32.2. The smallest absolute Gasteiger partial charge is 0.292 e. The Morgan fingerprint density at radius 3 is 2.41 bits per heavy atom. The molecule has 0 heterocycles. The van der Waals surface area contributed by atoms with Crippen LogP contribution in [0, 0.1) is 11.8 Å². The molecule has 0 aliphatic heterocycles. The van der Waals surface area contributed by atoms with Crippen LogP contribution in [0.25, 0.3) is 0 Å². The van der Waals surface area contributed by atoms with Gasteiger partial charge in [0.2, 0.25) is 0 Å². The van der Waals surface area contributed by atoms with Crippen LogP contribution in [0.4, 0.5) is 0 Å². The maximum absolute atomic E-state index is 10.7. The summed E-state index contributed by atoms with van der Waals surface area (Å²) in [5.74, 6) is 1.27. The minimum Gasteiger partial charge on any atom is -0.375 e. The summed E-state index contributed by atoms with van der Waals surface area (Å²) >= 11 is 0. The summed E-state index contributed by atoms with van der Waals surface area (Å²) in [5.41, 5.74) is -0.739. The molecular weight excluding hydrogens is 242 g/mol. The Kier molecular flexibility index (Phi) is 6.32. The van der Waals surface area contributed by atoms with Gasteiger partial charge in [-0.2, -0.15) is 8.42 Å². The van der Waals surface area contributed by atoms with E-state index in [1.807, 2.05) is 6.08 Å². The van der Waals surface area contributed by atoms with Crippen molar-refractivity contribution in [2.75, 3.05) is 0 Å². The molecule has 0 aromatic heterocycles. The fourth-order valence-corrected chi connectivity index (χ4v) is 2.45. The zero-order chi connectivity index (χ0) is 12.3. The summed E-state index contributed by atoms with van der Waals surface area (Å²) in [5, 5.41) is 9.23. The van der Waals surface area contributed by atoms with Crippen molar-refractivity contribution in [3.05, 3.63) is 11.6 Å². The van der Waals surface area contributed by atoms with E-state index in [9.17, 15) is 13.5 Å². The van der Waals surface area contributed by atoms with Gasteiger partial charge in [0.05, 0.1) is 0 Å². The van der Waals surface area contributed by atoms with Crippen molar-refractivity contribution in [1.29, 1.82) is 0 Å². The third kappa shape index (κ3) is 5.16. The molecule has 17 heavy (non-hydrogen) atoms. The Hall–Kier alpha value is -0.430. The molecule has 2 atom stereocenters. The predicted molar refractivity (Wildman–Crippen MR) is 67.5 cm³/mol. The van der Waals surface area contributed by atoms with Gasteiger partial charge in [-0.1, -0.05) is 25.5 Å². The van der Waals surface area contributed by atoms with Crippen LogP contribution in [0.15, 0.2) is 11.6 Å². The molecule has 0 amide bonds. The van der Waals surface area contributed by atoms with Crippen LogP contribution in [-0.2, 0) is 10.1 Å². The number of aliphatic hydroxyl groups is 1. The van der Waals surface area contributed by atoms with Gasteiger partial charge in [0.15, 0.2) is 5.44 Å². The Bertz CT molecular complexity index is 362. The third-order valence-electron chi connectivity index (χ3n) is 3.27. The molecule has 0 saturated carbocycles. The summed E-state index contributed by atoms with van der Waals surface area (Å²) in [4.78, 5) is 0. The molecular formula is C11H23NO4S. The zero-order valence-electron chi connectivity index (χ0n) is 10.5. The van der Waals surface area contributed by atoms with Crippen LogP contribution in [0.2, 0.25) is 0 Å². The highest BCUT2D eigenvalue weighted by Gasteiger charge is 2.24. The maximum Gasteiger partial charge on any atom is 0.292 e. The summed E-state index contributed by atoms with van der Waals surface area (Å²) in [6, 6.07) is 0. The molecule has 102 valence electrons. The van der Waals surface area contributed by atoms with Crippen molar-refractivity contribution in [3.63, 3.8) is 0 Å². The number of hydrogen-bond donors (Lipinski definition) is 3. The molecule has 0 radical (unpaired) electrons. The SMILES string of the molecule is CC(C)C1CC=C(CC(O)S(=O)(=O)O)CC1.N. The van der Waals surface area contributed by atoms with Crippen molar-refractivity contribution in [1.82, 2.24) is 6.15 Å². The van der Waals surface area contributed by atoms with E-state index in [1.165, 1.54) is 0 Å². The quantitative estimate of drug-likeness (QED) is 0.533. The van der Waals surface area contributed by atoms with Crippen LogP contribution in [-0.4, -0.2) is 23.5 Å². The Morgan fingerprint density at radius 2 is 2.06 bits per heavy atom. The lowest BCUT2D eigenvalue weighted by Gasteiger charge is -2.25. The van der Waals surface area contributed by atoms with Crippen molar-refractivity contribution >= 4 is 10.1 Å². The second-order valence-electron chi connectivity index (χ2n) is 4.81. The number of allylic oxidation sites excluding steroid dienone is 1. The van der Waals surface area contributed by atoms with Crippen LogP contribution in [0.3, 0.4) is 0 Å². The lowest BCUT2D eigenvalue weighted by Crippen LogP contribution is -2.21. The molecule has 5 nitrogen and oxygen atoms in total. The standard InChI is InChI=1S/C11H20O4S.H3N/c1-8(2)10-5-3-9(4-6-10)7-11(12)16(13,14)15;/h3,8,10-12H,4-7H2,1-2H3,(H,13,14,15);1H3. The fourth-order valence-electron chi connectivity index (χ4n) is 2.03. The monoisotopic (exact) mass is 265 g/mol. The topological polar surface area (TPSA) is 110 Å². The van der Waals surface area contributed by atoms with Gasteiger partial charge in [-0.05, 0) is 31.1 Å². The van der Waals surface area contributed by atoms with Crippen molar-refractivity contribution < 1.29 is 18.1 Å². The van der Waals surface area contributed by atoms with E-state index in [0.29, 0.717) is 11.8 Å². The molecule has 1 aliphatic rings. The summed E-state index contributed by atoms with van der Waals surface area (Å²) < 4.78 is 30.0. The van der Waals surface area contributed by atoms with Gasteiger partial charge in [0.1, 0.15) is 0 Å². The fraction of sp³-hybridized carbons (Fsp3) is 0.818. The minimum atomic E-state index is -4.32. The number of hydrogen-bond acceptors (Lipinski definition) is 4. The Labute approximate surface area is 103 Å². The molecule has 6 heteroatoms.